The predicted octanol–water partition coefficient (Wildman–Crippen LogP) is 0.0121. The number of nitrogens with one attached hydrogen (secondary N) is 2. The van der Waals surface area contributed by atoms with E-state index in [1.807, 2.05) is 0 Å². The molecule has 7 heteroatoms. The Balaban J connectivity index is 3.97. The van der Waals surface area contributed by atoms with Gasteiger partial charge in [-0.05, 0) is 19.1 Å². The SMILES string of the molecule is C=CC(=O)NCCN(CCNCCOC(=O)C(=C)C)C(=O)C=C. The van der Waals surface area contributed by atoms with E-state index >= 15 is 0 Å². The summed E-state index contributed by atoms with van der Waals surface area (Å²) in [5, 5.41) is 5.67. The molecule has 128 valence electrons. The van der Waals surface area contributed by atoms with Crippen LogP contribution < -0.4 is 10.6 Å². The smallest absolute Gasteiger partial charge is 0.333 e. The molecule has 23 heavy (non-hydrogen) atoms. The van der Waals surface area contributed by atoms with Crippen molar-refractivity contribution in [2.75, 3.05) is 39.3 Å². The predicted molar refractivity (Wildman–Crippen MR) is 88.6 cm³/mol. The molecule has 0 aliphatic carbocycles. The van der Waals surface area contributed by atoms with E-state index in [1.165, 1.54) is 12.2 Å². The maximum atomic E-state index is 11.7. The first kappa shape index (κ1) is 20.6. The summed E-state index contributed by atoms with van der Waals surface area (Å²) in [4.78, 5) is 35.5. The number of hydrogen-bond acceptors (Lipinski definition) is 5. The van der Waals surface area contributed by atoms with E-state index in [-0.39, 0.29) is 18.4 Å². The van der Waals surface area contributed by atoms with Crippen molar-refractivity contribution in [1.82, 2.24) is 15.5 Å². The van der Waals surface area contributed by atoms with Gasteiger partial charge in [0.2, 0.25) is 11.8 Å². The Labute approximate surface area is 137 Å². The zero-order valence-corrected chi connectivity index (χ0v) is 13.6. The highest BCUT2D eigenvalue weighted by Gasteiger charge is 2.09. The fourth-order valence-corrected chi connectivity index (χ4v) is 1.53. The van der Waals surface area contributed by atoms with Gasteiger partial charge in [0.25, 0.3) is 0 Å². The van der Waals surface area contributed by atoms with Gasteiger partial charge in [0.15, 0.2) is 0 Å². The van der Waals surface area contributed by atoms with Crippen LogP contribution in [0.2, 0.25) is 0 Å². The van der Waals surface area contributed by atoms with Crippen LogP contribution in [-0.4, -0.2) is 62.0 Å². The first-order valence-corrected chi connectivity index (χ1v) is 7.27. The van der Waals surface area contributed by atoms with Crippen molar-refractivity contribution < 1.29 is 19.1 Å². The lowest BCUT2D eigenvalue weighted by atomic mass is 10.4. The van der Waals surface area contributed by atoms with Crippen molar-refractivity contribution in [2.24, 2.45) is 0 Å². The number of carbonyl (C=O) groups is 3. The molecular formula is C16H25N3O4. The van der Waals surface area contributed by atoms with Crippen LogP contribution >= 0.6 is 0 Å². The fourth-order valence-electron chi connectivity index (χ4n) is 1.53. The summed E-state index contributed by atoms with van der Waals surface area (Å²) >= 11 is 0. The minimum absolute atomic E-state index is 0.214. The molecular weight excluding hydrogens is 298 g/mol. The Morgan fingerprint density at radius 2 is 1.74 bits per heavy atom. The lowest BCUT2D eigenvalue weighted by molar-refractivity contribution is -0.138. The van der Waals surface area contributed by atoms with Gasteiger partial charge < -0.3 is 20.3 Å². The molecule has 0 aliphatic heterocycles. The molecule has 0 atom stereocenters. The third-order valence-corrected chi connectivity index (χ3v) is 2.77. The lowest BCUT2D eigenvalue weighted by Crippen LogP contribution is -2.41. The Hall–Kier alpha value is -2.41. The Kier molecular flexibility index (Phi) is 10.9. The maximum absolute atomic E-state index is 11.7. The van der Waals surface area contributed by atoms with Crippen LogP contribution in [0, 0.1) is 0 Å². The second-order valence-electron chi connectivity index (χ2n) is 4.69. The van der Waals surface area contributed by atoms with E-state index in [4.69, 9.17) is 4.74 Å². The van der Waals surface area contributed by atoms with Gasteiger partial charge in [-0.3, -0.25) is 9.59 Å². The van der Waals surface area contributed by atoms with Crippen LogP contribution in [0.1, 0.15) is 6.92 Å². The highest BCUT2D eigenvalue weighted by molar-refractivity contribution is 5.88. The molecule has 0 bridgehead atoms. The summed E-state index contributed by atoms with van der Waals surface area (Å²) in [6.07, 6.45) is 2.40. The maximum Gasteiger partial charge on any atom is 0.333 e. The number of amides is 2. The largest absolute Gasteiger partial charge is 0.461 e. The molecule has 0 spiro atoms. The van der Waals surface area contributed by atoms with Crippen molar-refractivity contribution in [1.29, 1.82) is 0 Å². The zero-order valence-electron chi connectivity index (χ0n) is 13.6. The molecule has 0 aromatic rings. The molecule has 0 fully saturated rings. The van der Waals surface area contributed by atoms with Gasteiger partial charge in [-0.15, -0.1) is 0 Å². The fraction of sp³-hybridized carbons (Fsp3) is 0.438. The van der Waals surface area contributed by atoms with Gasteiger partial charge in [-0.1, -0.05) is 19.7 Å². The van der Waals surface area contributed by atoms with Crippen molar-refractivity contribution in [3.05, 3.63) is 37.5 Å². The number of esters is 1. The molecule has 2 N–H and O–H groups in total. The van der Waals surface area contributed by atoms with E-state index in [0.717, 1.165) is 0 Å². The van der Waals surface area contributed by atoms with Gasteiger partial charge in [0.05, 0.1) is 0 Å². The Morgan fingerprint density at radius 3 is 2.30 bits per heavy atom. The molecule has 0 heterocycles. The molecule has 0 radical (unpaired) electrons. The molecule has 7 nitrogen and oxygen atoms in total. The number of nitrogens with zero attached hydrogens (tertiary/aromatic N) is 1. The van der Waals surface area contributed by atoms with E-state index in [1.54, 1.807) is 11.8 Å². The van der Waals surface area contributed by atoms with E-state index < -0.39 is 5.97 Å². The van der Waals surface area contributed by atoms with Crippen molar-refractivity contribution in [3.63, 3.8) is 0 Å². The lowest BCUT2D eigenvalue weighted by Gasteiger charge is -2.21. The second-order valence-corrected chi connectivity index (χ2v) is 4.69. The molecule has 0 saturated carbocycles. The molecule has 0 unspecified atom stereocenters. The summed E-state index contributed by atoms with van der Waals surface area (Å²) in [6.45, 7) is 14.3. The molecule has 2 amide bonds. The summed E-state index contributed by atoms with van der Waals surface area (Å²) in [5.41, 5.74) is 0.356. The molecule has 0 aromatic heterocycles. The standard InChI is InChI=1S/C16H25N3O4/c1-5-14(20)18-8-11-19(15(21)6-2)10-7-17-9-12-23-16(22)13(3)4/h5-6,17H,1-3,7-12H2,4H3,(H,18,20). The third-order valence-electron chi connectivity index (χ3n) is 2.77. The highest BCUT2D eigenvalue weighted by atomic mass is 16.5. The summed E-state index contributed by atoms with van der Waals surface area (Å²) in [7, 11) is 0. The van der Waals surface area contributed by atoms with E-state index in [2.05, 4.69) is 30.4 Å². The summed E-state index contributed by atoms with van der Waals surface area (Å²) < 4.78 is 4.93. The number of ether oxygens (including phenoxy) is 1. The van der Waals surface area contributed by atoms with Gasteiger partial charge in [0, 0.05) is 38.3 Å². The zero-order chi connectivity index (χ0) is 17.7. The van der Waals surface area contributed by atoms with Gasteiger partial charge >= 0.3 is 5.97 Å². The summed E-state index contributed by atoms with van der Waals surface area (Å²) in [5.74, 6) is -0.921. The van der Waals surface area contributed by atoms with Crippen LogP contribution in [0.25, 0.3) is 0 Å². The highest BCUT2D eigenvalue weighted by Crippen LogP contribution is 1.91. The van der Waals surface area contributed by atoms with Crippen molar-refractivity contribution >= 4 is 17.8 Å². The van der Waals surface area contributed by atoms with Crippen molar-refractivity contribution in [2.45, 2.75) is 6.92 Å². The normalized spacial score (nSPS) is 9.61. The molecule has 0 rings (SSSR count). The van der Waals surface area contributed by atoms with Gasteiger partial charge in [-0.2, -0.15) is 0 Å². The second kappa shape index (κ2) is 12.2. The van der Waals surface area contributed by atoms with Gasteiger partial charge in [-0.25, -0.2) is 4.79 Å². The molecule has 0 aromatic carbocycles. The Morgan fingerprint density at radius 1 is 1.09 bits per heavy atom. The molecule has 0 saturated heterocycles. The van der Waals surface area contributed by atoms with Crippen molar-refractivity contribution in [3.8, 4) is 0 Å². The first-order chi connectivity index (χ1) is 10.9. The quantitative estimate of drug-likeness (QED) is 0.300. The van der Waals surface area contributed by atoms with Gasteiger partial charge in [0.1, 0.15) is 6.61 Å². The summed E-state index contributed by atoms with van der Waals surface area (Å²) in [6, 6.07) is 0. The number of carbonyl (C=O) groups excluding carboxylic acids is 3. The molecule has 0 aliphatic rings. The Bertz CT molecular complexity index is 460. The third kappa shape index (κ3) is 10.0. The van der Waals surface area contributed by atoms with Crippen LogP contribution in [0.5, 0.6) is 0 Å². The average molecular weight is 323 g/mol. The number of hydrogen-bond donors (Lipinski definition) is 2. The number of rotatable bonds is 12. The minimum atomic E-state index is -0.423. The average Bonchev–Trinajstić information content (AvgIpc) is 2.54. The van der Waals surface area contributed by atoms with Crippen LogP contribution in [0.3, 0.4) is 0 Å². The first-order valence-electron chi connectivity index (χ1n) is 7.27. The van der Waals surface area contributed by atoms with E-state index in [9.17, 15) is 14.4 Å². The topological polar surface area (TPSA) is 87.7 Å². The van der Waals surface area contributed by atoms with Crippen LogP contribution in [-0.2, 0) is 19.1 Å². The minimum Gasteiger partial charge on any atom is -0.461 e. The van der Waals surface area contributed by atoms with Crippen LogP contribution in [0.4, 0.5) is 0 Å². The monoisotopic (exact) mass is 323 g/mol. The van der Waals surface area contributed by atoms with Crippen LogP contribution in [0.15, 0.2) is 37.5 Å². The van der Waals surface area contributed by atoms with E-state index in [0.29, 0.717) is 38.3 Å².